The number of hydrogen-bond donors (Lipinski definition) is 2. The Morgan fingerprint density at radius 2 is 1.46 bits per heavy atom. The molecule has 204 valence electrons. The van der Waals surface area contributed by atoms with Crippen molar-refractivity contribution in [2.45, 2.75) is 38.5 Å². The molecule has 0 saturated heterocycles. The van der Waals surface area contributed by atoms with Crippen molar-refractivity contribution in [3.63, 3.8) is 0 Å². The summed E-state index contributed by atoms with van der Waals surface area (Å²) < 4.78 is 11.6. The summed E-state index contributed by atoms with van der Waals surface area (Å²) in [5.41, 5.74) is 5.33. The van der Waals surface area contributed by atoms with E-state index in [2.05, 4.69) is 17.4 Å². The Balaban J connectivity index is 1.45. The lowest BCUT2D eigenvalue weighted by Gasteiger charge is -2.29. The van der Waals surface area contributed by atoms with Gasteiger partial charge in [-0.3, -0.25) is 9.59 Å². The number of rotatable bonds is 11. The van der Waals surface area contributed by atoms with Crippen molar-refractivity contribution in [1.29, 1.82) is 0 Å². The van der Waals surface area contributed by atoms with Gasteiger partial charge in [-0.2, -0.15) is 0 Å². The van der Waals surface area contributed by atoms with E-state index < -0.39 is 36.0 Å². The summed E-state index contributed by atoms with van der Waals surface area (Å²) in [6.07, 6.45) is -1.45. The van der Waals surface area contributed by atoms with E-state index in [4.69, 9.17) is 9.47 Å². The van der Waals surface area contributed by atoms with Crippen LogP contribution < -0.4 is 5.32 Å². The lowest BCUT2D eigenvalue weighted by atomic mass is 9.98. The lowest BCUT2D eigenvalue weighted by Crippen LogP contribution is -2.54. The smallest absolute Gasteiger partial charge is 0.407 e. The third-order valence-corrected chi connectivity index (χ3v) is 7.05. The zero-order valence-corrected chi connectivity index (χ0v) is 22.4. The number of alkyl carbamates (subject to hydrolysis) is 1. The van der Waals surface area contributed by atoms with Gasteiger partial charge < -0.3 is 24.8 Å². The summed E-state index contributed by atoms with van der Waals surface area (Å²) in [6.45, 7) is 3.56. The highest BCUT2D eigenvalue weighted by molar-refractivity contribution is 5.86. The molecule has 0 aliphatic heterocycles. The first-order valence-corrected chi connectivity index (χ1v) is 13.0. The Labute approximate surface area is 228 Å². The van der Waals surface area contributed by atoms with Crippen LogP contribution in [-0.4, -0.2) is 60.3 Å². The first-order chi connectivity index (χ1) is 18.8. The normalized spacial score (nSPS) is 14.4. The van der Waals surface area contributed by atoms with E-state index in [1.807, 2.05) is 66.7 Å². The Morgan fingerprint density at radius 1 is 0.897 bits per heavy atom. The maximum Gasteiger partial charge on any atom is 0.407 e. The SMILES string of the molecule is CC(CN(C)C(=O)C(NC(=O)OCC1c2ccccc2-c2ccccc21)C(C)OCc1ccccc1)C(=O)O. The van der Waals surface area contributed by atoms with Crippen LogP contribution in [0.2, 0.25) is 0 Å². The van der Waals surface area contributed by atoms with Crippen molar-refractivity contribution in [3.05, 3.63) is 95.6 Å². The summed E-state index contributed by atoms with van der Waals surface area (Å²) in [5, 5.41) is 12.0. The zero-order chi connectivity index (χ0) is 27.9. The molecule has 3 atom stereocenters. The molecule has 2 N–H and O–H groups in total. The van der Waals surface area contributed by atoms with Crippen LogP contribution >= 0.6 is 0 Å². The molecule has 3 aromatic carbocycles. The number of carboxylic acids is 1. The van der Waals surface area contributed by atoms with Gasteiger partial charge in [0.2, 0.25) is 5.91 Å². The quantitative estimate of drug-likeness (QED) is 0.373. The van der Waals surface area contributed by atoms with Crippen LogP contribution in [0.3, 0.4) is 0 Å². The molecule has 3 aromatic rings. The standard InChI is InChI=1S/C31H34N2O6/c1-20(30(35)36)17-33(3)29(34)28(21(2)38-18-22-11-5-4-6-12-22)32-31(37)39-19-27-25-15-9-7-13-23(25)24-14-8-10-16-26(24)27/h4-16,20-21,27-28H,17-19H2,1-3H3,(H,32,37)(H,35,36). The van der Waals surface area contributed by atoms with E-state index in [1.54, 1.807) is 6.92 Å². The molecular formula is C31H34N2O6. The average molecular weight is 531 g/mol. The van der Waals surface area contributed by atoms with Gasteiger partial charge in [-0.1, -0.05) is 85.8 Å². The van der Waals surface area contributed by atoms with E-state index in [9.17, 15) is 19.5 Å². The number of nitrogens with one attached hydrogen (secondary N) is 1. The average Bonchev–Trinajstić information content (AvgIpc) is 3.27. The number of hydrogen-bond acceptors (Lipinski definition) is 5. The van der Waals surface area contributed by atoms with Gasteiger partial charge in [0.15, 0.2) is 0 Å². The molecule has 0 saturated carbocycles. The zero-order valence-electron chi connectivity index (χ0n) is 22.4. The largest absolute Gasteiger partial charge is 0.481 e. The molecule has 8 nitrogen and oxygen atoms in total. The summed E-state index contributed by atoms with van der Waals surface area (Å²) in [6, 6.07) is 24.5. The second-order valence-corrected chi connectivity index (χ2v) is 9.91. The Kier molecular flexibility index (Phi) is 8.99. The predicted octanol–water partition coefficient (Wildman–Crippen LogP) is 4.68. The monoisotopic (exact) mass is 530 g/mol. The number of nitrogens with zero attached hydrogens (tertiary/aromatic N) is 1. The van der Waals surface area contributed by atoms with Crippen molar-refractivity contribution in [2.24, 2.45) is 5.92 Å². The van der Waals surface area contributed by atoms with Gasteiger partial charge in [0.25, 0.3) is 0 Å². The Hall–Kier alpha value is -4.17. The van der Waals surface area contributed by atoms with Crippen molar-refractivity contribution in [2.75, 3.05) is 20.2 Å². The van der Waals surface area contributed by atoms with E-state index >= 15 is 0 Å². The minimum absolute atomic E-state index is 0.0115. The topological polar surface area (TPSA) is 105 Å². The highest BCUT2D eigenvalue weighted by Gasteiger charge is 2.33. The number of carbonyl (C=O) groups is 3. The minimum Gasteiger partial charge on any atom is -0.481 e. The number of likely N-dealkylation sites (N-methyl/N-ethyl adjacent to an activating group) is 1. The number of carboxylic acid groups (broad SMARTS) is 1. The summed E-state index contributed by atoms with van der Waals surface area (Å²) >= 11 is 0. The molecule has 4 rings (SSSR count). The Bertz CT molecular complexity index is 1270. The van der Waals surface area contributed by atoms with E-state index in [0.717, 1.165) is 27.8 Å². The first kappa shape index (κ1) is 27.9. The predicted molar refractivity (Wildman–Crippen MR) is 147 cm³/mol. The van der Waals surface area contributed by atoms with Gasteiger partial charge in [-0.15, -0.1) is 0 Å². The van der Waals surface area contributed by atoms with Crippen LogP contribution in [0, 0.1) is 5.92 Å². The molecule has 1 aliphatic rings. The summed E-state index contributed by atoms with van der Waals surface area (Å²) in [7, 11) is 1.51. The van der Waals surface area contributed by atoms with Gasteiger partial charge in [0, 0.05) is 19.5 Å². The molecule has 0 radical (unpaired) electrons. The van der Waals surface area contributed by atoms with Crippen molar-refractivity contribution in [1.82, 2.24) is 10.2 Å². The molecule has 2 amide bonds. The fraction of sp³-hybridized carbons (Fsp3) is 0.323. The van der Waals surface area contributed by atoms with Gasteiger partial charge in [0.1, 0.15) is 12.6 Å². The van der Waals surface area contributed by atoms with Crippen molar-refractivity contribution in [3.8, 4) is 11.1 Å². The van der Waals surface area contributed by atoms with Crippen LogP contribution in [-0.2, 0) is 25.7 Å². The maximum atomic E-state index is 13.4. The third-order valence-electron chi connectivity index (χ3n) is 7.05. The number of benzene rings is 3. The van der Waals surface area contributed by atoms with Crippen LogP contribution in [0.4, 0.5) is 4.79 Å². The molecule has 0 spiro atoms. The van der Waals surface area contributed by atoms with Crippen LogP contribution in [0.1, 0.15) is 36.5 Å². The number of fused-ring (bicyclic) bond motifs is 3. The molecule has 0 fully saturated rings. The van der Waals surface area contributed by atoms with Gasteiger partial charge in [-0.05, 0) is 34.7 Å². The van der Waals surface area contributed by atoms with Crippen LogP contribution in [0.25, 0.3) is 11.1 Å². The van der Waals surface area contributed by atoms with E-state index in [1.165, 1.54) is 18.9 Å². The lowest BCUT2D eigenvalue weighted by molar-refractivity contribution is -0.143. The van der Waals surface area contributed by atoms with Gasteiger partial charge in [0.05, 0.1) is 18.6 Å². The second-order valence-electron chi connectivity index (χ2n) is 9.91. The fourth-order valence-electron chi connectivity index (χ4n) is 4.86. The minimum atomic E-state index is -1.07. The molecule has 1 aliphatic carbocycles. The van der Waals surface area contributed by atoms with Crippen molar-refractivity contribution < 1.29 is 29.0 Å². The molecule has 0 bridgehead atoms. The van der Waals surface area contributed by atoms with Gasteiger partial charge in [-0.25, -0.2) is 4.79 Å². The van der Waals surface area contributed by atoms with E-state index in [-0.39, 0.29) is 25.7 Å². The molecule has 8 heteroatoms. The maximum absolute atomic E-state index is 13.4. The fourth-order valence-corrected chi connectivity index (χ4v) is 4.86. The second kappa shape index (κ2) is 12.6. The highest BCUT2D eigenvalue weighted by Crippen LogP contribution is 2.44. The molecule has 3 unspecified atom stereocenters. The van der Waals surface area contributed by atoms with Crippen molar-refractivity contribution >= 4 is 18.0 Å². The molecule has 0 heterocycles. The highest BCUT2D eigenvalue weighted by atomic mass is 16.5. The first-order valence-electron chi connectivity index (χ1n) is 13.0. The molecule has 39 heavy (non-hydrogen) atoms. The molecule has 0 aromatic heterocycles. The van der Waals surface area contributed by atoms with Crippen LogP contribution in [0.15, 0.2) is 78.9 Å². The van der Waals surface area contributed by atoms with Crippen LogP contribution in [0.5, 0.6) is 0 Å². The van der Waals surface area contributed by atoms with Gasteiger partial charge >= 0.3 is 12.1 Å². The van der Waals surface area contributed by atoms with E-state index in [0.29, 0.717) is 0 Å². The number of aliphatic carboxylic acids is 1. The molecular weight excluding hydrogens is 496 g/mol. The third kappa shape index (κ3) is 6.64. The number of amides is 2. The number of ether oxygens (including phenoxy) is 2. The number of carbonyl (C=O) groups excluding carboxylic acids is 2. The summed E-state index contributed by atoms with van der Waals surface area (Å²) in [4.78, 5) is 39.0. The summed E-state index contributed by atoms with van der Waals surface area (Å²) in [5.74, 6) is -2.36. The Morgan fingerprint density at radius 3 is 2.05 bits per heavy atom.